The van der Waals surface area contributed by atoms with Crippen molar-refractivity contribution in [1.82, 2.24) is 24.9 Å². The van der Waals surface area contributed by atoms with Gasteiger partial charge in [-0.3, -0.25) is 19.3 Å². The molecule has 1 aliphatic carbocycles. The SMILES string of the molecule is Cc1cc(=O)c(C(=O)N2CCN(CC(=O)NC3CC3)CC2)nn1-c1ccccc1. The highest BCUT2D eigenvalue weighted by atomic mass is 16.2. The second-order valence-corrected chi connectivity index (χ2v) is 7.66. The first kappa shape index (κ1) is 19.3. The minimum Gasteiger partial charge on any atom is -0.352 e. The van der Waals surface area contributed by atoms with Gasteiger partial charge in [0.1, 0.15) is 0 Å². The molecule has 1 aliphatic heterocycles. The Hall–Kier alpha value is -3.00. The lowest BCUT2D eigenvalue weighted by Crippen LogP contribution is -2.52. The van der Waals surface area contributed by atoms with E-state index in [4.69, 9.17) is 0 Å². The summed E-state index contributed by atoms with van der Waals surface area (Å²) in [6.45, 7) is 4.28. The highest BCUT2D eigenvalue weighted by Crippen LogP contribution is 2.18. The van der Waals surface area contributed by atoms with E-state index in [-0.39, 0.29) is 22.9 Å². The number of amides is 2. The Morgan fingerprint density at radius 1 is 1.10 bits per heavy atom. The predicted molar refractivity (Wildman–Crippen MR) is 108 cm³/mol. The topological polar surface area (TPSA) is 87.5 Å². The lowest BCUT2D eigenvalue weighted by Gasteiger charge is -2.34. The largest absolute Gasteiger partial charge is 0.352 e. The fourth-order valence-electron chi connectivity index (χ4n) is 3.49. The number of hydrogen-bond acceptors (Lipinski definition) is 5. The van der Waals surface area contributed by atoms with Crippen LogP contribution in [0.15, 0.2) is 41.2 Å². The van der Waals surface area contributed by atoms with Crippen molar-refractivity contribution in [3.63, 3.8) is 0 Å². The molecule has 1 saturated carbocycles. The van der Waals surface area contributed by atoms with Crippen molar-refractivity contribution in [3.8, 4) is 5.69 Å². The van der Waals surface area contributed by atoms with E-state index in [9.17, 15) is 14.4 Å². The molecular weight excluding hydrogens is 370 g/mol. The second kappa shape index (κ2) is 8.16. The Morgan fingerprint density at radius 3 is 2.45 bits per heavy atom. The third-order valence-electron chi connectivity index (χ3n) is 5.28. The summed E-state index contributed by atoms with van der Waals surface area (Å²) in [5.74, 6) is -0.319. The van der Waals surface area contributed by atoms with E-state index in [1.807, 2.05) is 35.2 Å². The first-order chi connectivity index (χ1) is 14.0. The Kier molecular flexibility index (Phi) is 5.44. The van der Waals surface area contributed by atoms with Crippen molar-refractivity contribution >= 4 is 11.8 Å². The van der Waals surface area contributed by atoms with Crippen molar-refractivity contribution in [1.29, 1.82) is 0 Å². The summed E-state index contributed by atoms with van der Waals surface area (Å²) in [6.07, 6.45) is 2.14. The number of carbonyl (C=O) groups excluding carboxylic acids is 2. The normalized spacial score (nSPS) is 17.2. The van der Waals surface area contributed by atoms with Gasteiger partial charge in [-0.1, -0.05) is 18.2 Å². The maximum absolute atomic E-state index is 13.0. The predicted octanol–water partition coefficient (Wildman–Crippen LogP) is 0.577. The van der Waals surface area contributed by atoms with E-state index in [2.05, 4.69) is 10.4 Å². The third kappa shape index (κ3) is 4.54. The number of nitrogens with zero attached hydrogens (tertiary/aromatic N) is 4. The molecule has 29 heavy (non-hydrogen) atoms. The van der Waals surface area contributed by atoms with Crippen LogP contribution < -0.4 is 10.7 Å². The van der Waals surface area contributed by atoms with Crippen LogP contribution in [0.5, 0.6) is 0 Å². The van der Waals surface area contributed by atoms with Crippen molar-refractivity contribution < 1.29 is 9.59 Å². The monoisotopic (exact) mass is 395 g/mol. The van der Waals surface area contributed by atoms with E-state index >= 15 is 0 Å². The first-order valence-electron chi connectivity index (χ1n) is 9.98. The molecule has 0 unspecified atom stereocenters. The van der Waals surface area contributed by atoms with Crippen LogP contribution in [0.1, 0.15) is 29.0 Å². The highest BCUT2D eigenvalue weighted by Gasteiger charge is 2.28. The molecule has 2 fully saturated rings. The van der Waals surface area contributed by atoms with Gasteiger partial charge in [0, 0.05) is 44.0 Å². The molecule has 0 radical (unpaired) electrons. The number of para-hydroxylation sites is 1. The maximum atomic E-state index is 13.0. The standard InChI is InChI=1S/C21H25N5O3/c1-15-13-18(27)20(23-26(15)17-5-3-2-4-6-17)21(29)25-11-9-24(10-12-25)14-19(28)22-16-7-8-16/h2-6,13,16H,7-12,14H2,1H3,(H,22,28). The molecule has 152 valence electrons. The fraction of sp³-hybridized carbons (Fsp3) is 0.429. The van der Waals surface area contributed by atoms with Gasteiger partial charge in [0.15, 0.2) is 5.69 Å². The van der Waals surface area contributed by atoms with E-state index in [1.165, 1.54) is 6.07 Å². The summed E-state index contributed by atoms with van der Waals surface area (Å²) in [6, 6.07) is 11.2. The lowest BCUT2D eigenvalue weighted by atomic mass is 10.2. The Bertz CT molecular complexity index is 960. The summed E-state index contributed by atoms with van der Waals surface area (Å²) in [7, 11) is 0. The number of piperazine rings is 1. The van der Waals surface area contributed by atoms with Crippen molar-refractivity contribution in [2.45, 2.75) is 25.8 Å². The van der Waals surface area contributed by atoms with Gasteiger partial charge in [-0.15, -0.1) is 0 Å². The van der Waals surface area contributed by atoms with Crippen LogP contribution in [0.3, 0.4) is 0 Å². The van der Waals surface area contributed by atoms with Gasteiger partial charge in [-0.05, 0) is 31.9 Å². The van der Waals surface area contributed by atoms with Crippen LogP contribution >= 0.6 is 0 Å². The number of nitrogens with one attached hydrogen (secondary N) is 1. The number of rotatable bonds is 5. The van der Waals surface area contributed by atoms with Crippen LogP contribution in [0.25, 0.3) is 5.69 Å². The molecule has 2 aromatic rings. The average Bonchev–Trinajstić information content (AvgIpc) is 3.53. The van der Waals surface area contributed by atoms with E-state index < -0.39 is 0 Å². The molecule has 0 bridgehead atoms. The zero-order valence-electron chi connectivity index (χ0n) is 16.5. The van der Waals surface area contributed by atoms with Crippen LogP contribution in [0, 0.1) is 6.92 Å². The summed E-state index contributed by atoms with van der Waals surface area (Å²) >= 11 is 0. The van der Waals surface area contributed by atoms with E-state index in [0.717, 1.165) is 18.5 Å². The smallest absolute Gasteiger partial charge is 0.278 e. The molecule has 4 rings (SSSR count). The summed E-state index contributed by atoms with van der Waals surface area (Å²) < 4.78 is 1.62. The molecule has 1 aromatic carbocycles. The highest BCUT2D eigenvalue weighted by molar-refractivity contribution is 5.92. The Morgan fingerprint density at radius 2 is 1.79 bits per heavy atom. The zero-order chi connectivity index (χ0) is 20.4. The van der Waals surface area contributed by atoms with E-state index in [1.54, 1.807) is 16.5 Å². The molecule has 1 aromatic heterocycles. The van der Waals surface area contributed by atoms with Crippen LogP contribution in [-0.4, -0.2) is 70.2 Å². The number of aromatic nitrogens is 2. The third-order valence-corrected chi connectivity index (χ3v) is 5.28. The van der Waals surface area contributed by atoms with E-state index in [0.29, 0.717) is 44.5 Å². The van der Waals surface area contributed by atoms with Gasteiger partial charge in [0.05, 0.1) is 12.2 Å². The number of aryl methyl sites for hydroxylation is 1. The van der Waals surface area contributed by atoms with Crippen molar-refractivity contribution in [2.24, 2.45) is 0 Å². The molecule has 2 amide bonds. The quantitative estimate of drug-likeness (QED) is 0.800. The molecule has 2 heterocycles. The fourth-order valence-corrected chi connectivity index (χ4v) is 3.49. The van der Waals surface area contributed by atoms with Crippen molar-refractivity contribution in [2.75, 3.05) is 32.7 Å². The Labute approximate surface area is 169 Å². The molecule has 0 spiro atoms. The van der Waals surface area contributed by atoms with Gasteiger partial charge in [-0.25, -0.2) is 4.68 Å². The molecule has 1 saturated heterocycles. The minimum absolute atomic E-state index is 0.0400. The molecular formula is C21H25N5O3. The first-order valence-corrected chi connectivity index (χ1v) is 9.98. The van der Waals surface area contributed by atoms with Gasteiger partial charge < -0.3 is 10.2 Å². The summed E-state index contributed by atoms with van der Waals surface area (Å²) in [5.41, 5.74) is 1.03. The minimum atomic E-state index is -0.370. The van der Waals surface area contributed by atoms with Gasteiger partial charge in [-0.2, -0.15) is 5.10 Å². The zero-order valence-corrected chi connectivity index (χ0v) is 16.5. The number of benzene rings is 1. The maximum Gasteiger partial charge on any atom is 0.278 e. The summed E-state index contributed by atoms with van der Waals surface area (Å²) in [4.78, 5) is 41.0. The molecule has 1 N–H and O–H groups in total. The molecule has 8 heteroatoms. The van der Waals surface area contributed by atoms with Crippen LogP contribution in [0.2, 0.25) is 0 Å². The van der Waals surface area contributed by atoms with Gasteiger partial charge >= 0.3 is 0 Å². The summed E-state index contributed by atoms with van der Waals surface area (Å²) in [5, 5.41) is 7.34. The number of carbonyl (C=O) groups is 2. The van der Waals surface area contributed by atoms with Gasteiger partial charge in [0.25, 0.3) is 5.91 Å². The molecule has 8 nitrogen and oxygen atoms in total. The number of hydrogen-bond donors (Lipinski definition) is 1. The van der Waals surface area contributed by atoms with Crippen LogP contribution in [-0.2, 0) is 4.79 Å². The van der Waals surface area contributed by atoms with Gasteiger partial charge in [0.2, 0.25) is 11.3 Å². The Balaban J connectivity index is 1.43. The second-order valence-electron chi connectivity index (χ2n) is 7.66. The molecule has 0 atom stereocenters. The average molecular weight is 395 g/mol. The lowest BCUT2D eigenvalue weighted by molar-refractivity contribution is -0.122. The van der Waals surface area contributed by atoms with Crippen molar-refractivity contribution in [3.05, 3.63) is 58.0 Å². The molecule has 2 aliphatic rings. The van der Waals surface area contributed by atoms with Crippen LogP contribution in [0.4, 0.5) is 0 Å².